The van der Waals surface area contributed by atoms with E-state index < -0.39 is 0 Å². The Kier molecular flexibility index (Phi) is 5.38. The third-order valence-corrected chi connectivity index (χ3v) is 5.15. The molecule has 0 bridgehead atoms. The van der Waals surface area contributed by atoms with Crippen LogP contribution < -0.4 is 10.1 Å². The largest absolute Gasteiger partial charge is 0.497 e. The second-order valence-corrected chi connectivity index (χ2v) is 7.22. The van der Waals surface area contributed by atoms with Crippen LogP contribution in [0, 0.1) is 20.8 Å². The minimum atomic E-state index is -0.0760. The van der Waals surface area contributed by atoms with Crippen LogP contribution in [0.15, 0.2) is 41.8 Å². The van der Waals surface area contributed by atoms with Crippen LogP contribution in [0.2, 0.25) is 0 Å². The van der Waals surface area contributed by atoms with Crippen molar-refractivity contribution in [1.29, 1.82) is 0 Å². The minimum Gasteiger partial charge on any atom is -0.497 e. The lowest BCUT2D eigenvalue weighted by molar-refractivity contribution is -0.115. The number of rotatable bonds is 5. The smallest absolute Gasteiger partial charge is 0.230 e. The molecule has 2 aromatic carbocycles. The van der Waals surface area contributed by atoms with Crippen molar-refractivity contribution >= 4 is 22.4 Å². The van der Waals surface area contributed by atoms with Crippen LogP contribution in [0.1, 0.15) is 22.3 Å². The molecule has 1 aromatic heterocycles. The van der Waals surface area contributed by atoms with Crippen molar-refractivity contribution in [1.82, 2.24) is 4.98 Å². The molecule has 0 atom stereocenters. The van der Waals surface area contributed by atoms with E-state index >= 15 is 0 Å². The third-order valence-electron chi connectivity index (χ3n) is 4.39. The van der Waals surface area contributed by atoms with Crippen LogP contribution in [-0.4, -0.2) is 18.0 Å². The maximum absolute atomic E-state index is 12.3. The fourth-order valence-electron chi connectivity index (χ4n) is 2.78. The first-order chi connectivity index (χ1) is 12.5. The first-order valence-corrected chi connectivity index (χ1v) is 9.31. The van der Waals surface area contributed by atoms with Crippen molar-refractivity contribution in [3.05, 3.63) is 64.0 Å². The molecule has 0 aliphatic rings. The fraction of sp³-hybridized carbons (Fsp3) is 0.238. The molecule has 1 amide bonds. The normalized spacial score (nSPS) is 10.6. The van der Waals surface area contributed by atoms with Gasteiger partial charge in [0.2, 0.25) is 5.91 Å². The van der Waals surface area contributed by atoms with Crippen LogP contribution in [-0.2, 0) is 11.2 Å². The molecule has 4 nitrogen and oxygen atoms in total. The van der Waals surface area contributed by atoms with E-state index in [1.165, 1.54) is 28.0 Å². The molecule has 3 aromatic rings. The zero-order valence-electron chi connectivity index (χ0n) is 15.4. The number of nitrogens with one attached hydrogen (secondary N) is 1. The van der Waals surface area contributed by atoms with E-state index in [9.17, 15) is 4.79 Å². The summed E-state index contributed by atoms with van der Waals surface area (Å²) in [5, 5.41) is 5.50. The summed E-state index contributed by atoms with van der Waals surface area (Å²) >= 11 is 1.45. The summed E-state index contributed by atoms with van der Waals surface area (Å²) in [6.45, 7) is 6.29. The average molecular weight is 366 g/mol. The molecule has 0 saturated heterocycles. The summed E-state index contributed by atoms with van der Waals surface area (Å²) in [7, 11) is 1.62. The molecule has 0 unspecified atom stereocenters. The van der Waals surface area contributed by atoms with Gasteiger partial charge in [-0.3, -0.25) is 4.79 Å². The van der Waals surface area contributed by atoms with Gasteiger partial charge in [-0.2, -0.15) is 0 Å². The highest BCUT2D eigenvalue weighted by Gasteiger charge is 2.11. The molecular weight excluding hydrogens is 344 g/mol. The predicted molar refractivity (Wildman–Crippen MR) is 107 cm³/mol. The van der Waals surface area contributed by atoms with Crippen molar-refractivity contribution in [3.8, 4) is 17.0 Å². The number of carbonyl (C=O) groups is 1. The Morgan fingerprint density at radius 3 is 2.46 bits per heavy atom. The van der Waals surface area contributed by atoms with Gasteiger partial charge in [-0.15, -0.1) is 11.3 Å². The number of benzene rings is 2. The third kappa shape index (κ3) is 4.11. The summed E-state index contributed by atoms with van der Waals surface area (Å²) in [6.07, 6.45) is 0.307. The van der Waals surface area contributed by atoms with Gasteiger partial charge in [-0.05, 0) is 61.2 Å². The van der Waals surface area contributed by atoms with Crippen LogP contribution in [0.4, 0.5) is 5.13 Å². The highest BCUT2D eigenvalue weighted by atomic mass is 32.1. The molecule has 0 aliphatic carbocycles. The van der Waals surface area contributed by atoms with Gasteiger partial charge >= 0.3 is 0 Å². The second-order valence-electron chi connectivity index (χ2n) is 6.36. The first-order valence-electron chi connectivity index (χ1n) is 8.43. The molecule has 0 fully saturated rings. The van der Waals surface area contributed by atoms with E-state index in [0.29, 0.717) is 11.6 Å². The number of carbonyl (C=O) groups excluding carboxylic acids is 1. The second kappa shape index (κ2) is 7.70. The molecule has 0 radical (unpaired) electrons. The Morgan fingerprint density at radius 2 is 1.77 bits per heavy atom. The Labute approximate surface area is 157 Å². The lowest BCUT2D eigenvalue weighted by atomic mass is 9.99. The summed E-state index contributed by atoms with van der Waals surface area (Å²) in [6, 6.07) is 11.8. The molecule has 1 heterocycles. The standard InChI is InChI=1S/C21H22N2O2S/c1-13-9-15(3)18(10-14(13)2)19-12-26-21(22-19)23-20(24)11-16-5-7-17(25-4)8-6-16/h5-10,12H,11H2,1-4H3,(H,22,23,24). The number of methoxy groups -OCH3 is 1. The van der Waals surface area contributed by atoms with Crippen LogP contribution in [0.3, 0.4) is 0 Å². The zero-order valence-corrected chi connectivity index (χ0v) is 16.2. The van der Waals surface area contributed by atoms with Crippen LogP contribution in [0.5, 0.6) is 5.75 Å². The van der Waals surface area contributed by atoms with E-state index in [4.69, 9.17) is 4.74 Å². The number of thiazole rings is 1. The Balaban J connectivity index is 1.70. The molecule has 0 saturated carbocycles. The van der Waals surface area contributed by atoms with Gasteiger partial charge in [-0.1, -0.05) is 18.2 Å². The lowest BCUT2D eigenvalue weighted by Gasteiger charge is -2.07. The topological polar surface area (TPSA) is 51.2 Å². The van der Waals surface area contributed by atoms with Crippen LogP contribution >= 0.6 is 11.3 Å². The van der Waals surface area contributed by atoms with Gasteiger partial charge in [0.25, 0.3) is 0 Å². The molecule has 3 rings (SSSR count). The molecule has 26 heavy (non-hydrogen) atoms. The molecule has 134 valence electrons. The summed E-state index contributed by atoms with van der Waals surface area (Å²) in [5.41, 5.74) is 6.65. The number of ether oxygens (including phenoxy) is 1. The molecule has 0 spiro atoms. The minimum absolute atomic E-state index is 0.0760. The predicted octanol–water partition coefficient (Wildman–Crippen LogP) is 4.93. The van der Waals surface area contributed by atoms with E-state index in [-0.39, 0.29) is 5.91 Å². The van der Waals surface area contributed by atoms with Gasteiger partial charge in [0.05, 0.1) is 19.2 Å². The zero-order chi connectivity index (χ0) is 18.7. The first kappa shape index (κ1) is 18.1. The summed E-state index contributed by atoms with van der Waals surface area (Å²) < 4.78 is 5.13. The van der Waals surface area contributed by atoms with Gasteiger partial charge in [-0.25, -0.2) is 4.98 Å². The number of aryl methyl sites for hydroxylation is 3. The maximum Gasteiger partial charge on any atom is 0.230 e. The highest BCUT2D eigenvalue weighted by molar-refractivity contribution is 7.14. The number of amides is 1. The number of aromatic nitrogens is 1. The Hall–Kier alpha value is -2.66. The highest BCUT2D eigenvalue weighted by Crippen LogP contribution is 2.29. The van der Waals surface area contributed by atoms with E-state index in [1.54, 1.807) is 7.11 Å². The molecule has 1 N–H and O–H groups in total. The SMILES string of the molecule is COc1ccc(CC(=O)Nc2nc(-c3cc(C)c(C)cc3C)cs2)cc1. The van der Waals surface area contributed by atoms with E-state index in [2.05, 4.69) is 43.2 Å². The molecule has 5 heteroatoms. The number of hydrogen-bond donors (Lipinski definition) is 1. The number of nitrogens with zero attached hydrogens (tertiary/aromatic N) is 1. The van der Waals surface area contributed by atoms with Gasteiger partial charge in [0, 0.05) is 10.9 Å². The van der Waals surface area contributed by atoms with Gasteiger partial charge in [0.15, 0.2) is 5.13 Å². The van der Waals surface area contributed by atoms with Crippen molar-refractivity contribution in [2.45, 2.75) is 27.2 Å². The van der Waals surface area contributed by atoms with Crippen LogP contribution in [0.25, 0.3) is 11.3 Å². The molecule has 0 aliphatic heterocycles. The maximum atomic E-state index is 12.3. The number of anilines is 1. The van der Waals surface area contributed by atoms with Gasteiger partial charge in [0.1, 0.15) is 5.75 Å². The van der Waals surface area contributed by atoms with E-state index in [1.807, 2.05) is 29.6 Å². The lowest BCUT2D eigenvalue weighted by Crippen LogP contribution is -2.14. The quantitative estimate of drug-likeness (QED) is 0.697. The van der Waals surface area contributed by atoms with Crippen molar-refractivity contribution in [3.63, 3.8) is 0 Å². The number of hydrogen-bond acceptors (Lipinski definition) is 4. The van der Waals surface area contributed by atoms with Crippen molar-refractivity contribution in [2.24, 2.45) is 0 Å². The van der Waals surface area contributed by atoms with Gasteiger partial charge < -0.3 is 10.1 Å². The Morgan fingerprint density at radius 1 is 1.08 bits per heavy atom. The molecular formula is C21H22N2O2S. The summed E-state index contributed by atoms with van der Waals surface area (Å²) in [5.74, 6) is 0.704. The fourth-order valence-corrected chi connectivity index (χ4v) is 3.51. The summed E-state index contributed by atoms with van der Waals surface area (Å²) in [4.78, 5) is 16.9. The van der Waals surface area contributed by atoms with Crippen molar-refractivity contribution < 1.29 is 9.53 Å². The van der Waals surface area contributed by atoms with Crippen molar-refractivity contribution in [2.75, 3.05) is 12.4 Å². The average Bonchev–Trinajstić information content (AvgIpc) is 3.06. The van der Waals surface area contributed by atoms with E-state index in [0.717, 1.165) is 22.6 Å². The Bertz CT molecular complexity index is 930. The monoisotopic (exact) mass is 366 g/mol.